The van der Waals surface area contributed by atoms with Gasteiger partial charge in [-0.2, -0.15) is 0 Å². The Morgan fingerprint density at radius 1 is 1.57 bits per heavy atom. The maximum Gasteiger partial charge on any atom is 0.252 e. The number of carbonyl (C=O) groups excluding carboxylic acids is 1. The van der Waals surface area contributed by atoms with Gasteiger partial charge in [-0.05, 0) is 43.9 Å². The van der Waals surface area contributed by atoms with Crippen LogP contribution in [-0.4, -0.2) is 28.9 Å². The summed E-state index contributed by atoms with van der Waals surface area (Å²) in [6, 6.07) is 5.38. The van der Waals surface area contributed by atoms with Crippen molar-refractivity contribution < 1.29 is 9.21 Å². The van der Waals surface area contributed by atoms with Gasteiger partial charge < -0.3 is 10.2 Å². The molecule has 5 nitrogen and oxygen atoms in total. The molecule has 0 radical (unpaired) electrons. The topological polar surface area (TPSA) is 72.4 Å². The summed E-state index contributed by atoms with van der Waals surface area (Å²) < 4.78 is 6.04. The van der Waals surface area contributed by atoms with Gasteiger partial charge in [0.15, 0.2) is 5.58 Å². The van der Waals surface area contributed by atoms with Gasteiger partial charge in [-0.1, -0.05) is 13.0 Å². The Balaban J connectivity index is 1.88. The molecule has 110 valence electrons. The molecule has 1 saturated carbocycles. The summed E-state index contributed by atoms with van der Waals surface area (Å²) in [5.41, 5.74) is 7.02. The van der Waals surface area contributed by atoms with E-state index in [0.29, 0.717) is 11.1 Å². The quantitative estimate of drug-likeness (QED) is 0.939. The summed E-state index contributed by atoms with van der Waals surface area (Å²) in [7, 11) is 0. The van der Waals surface area contributed by atoms with E-state index in [1.54, 1.807) is 12.1 Å². The molecule has 2 aromatic rings. The van der Waals surface area contributed by atoms with Gasteiger partial charge in [0, 0.05) is 6.54 Å². The minimum Gasteiger partial charge on any atom is -0.438 e. The third-order valence-electron chi connectivity index (χ3n) is 5.14. The van der Waals surface area contributed by atoms with Crippen LogP contribution in [0.1, 0.15) is 42.4 Å². The molecule has 1 amide bonds. The smallest absolute Gasteiger partial charge is 0.252 e. The van der Waals surface area contributed by atoms with Gasteiger partial charge >= 0.3 is 0 Å². The zero-order chi connectivity index (χ0) is 14.6. The van der Waals surface area contributed by atoms with Crippen molar-refractivity contribution in [3.05, 3.63) is 29.7 Å². The average molecular weight is 285 g/mol. The van der Waals surface area contributed by atoms with E-state index in [4.69, 9.17) is 10.2 Å². The maximum atomic E-state index is 11.5. The molecule has 1 aromatic heterocycles. The van der Waals surface area contributed by atoms with Crippen molar-refractivity contribution in [2.24, 2.45) is 11.7 Å². The lowest BCUT2D eigenvalue weighted by molar-refractivity contribution is 0.0943. The lowest BCUT2D eigenvalue weighted by atomic mass is 9.97. The molecule has 2 N–H and O–H groups in total. The SMILES string of the molecule is CCN1C[C@H]2CC[C@@]1(c1nc3cccc(C(N)=O)c3o1)C2. The van der Waals surface area contributed by atoms with Gasteiger partial charge in [0.05, 0.1) is 11.1 Å². The first-order valence-electron chi connectivity index (χ1n) is 7.59. The minimum absolute atomic E-state index is 0.0760. The van der Waals surface area contributed by atoms with Gasteiger partial charge in [0.2, 0.25) is 5.89 Å². The largest absolute Gasteiger partial charge is 0.438 e. The van der Waals surface area contributed by atoms with Crippen LogP contribution in [0.15, 0.2) is 22.6 Å². The highest BCUT2D eigenvalue weighted by Gasteiger charge is 2.54. The molecule has 1 aliphatic carbocycles. The number of rotatable bonds is 3. The summed E-state index contributed by atoms with van der Waals surface area (Å²) in [5, 5.41) is 0. The van der Waals surface area contributed by atoms with Crippen molar-refractivity contribution in [3.8, 4) is 0 Å². The molecule has 5 heteroatoms. The summed E-state index contributed by atoms with van der Waals surface area (Å²) >= 11 is 0. The van der Waals surface area contributed by atoms with Gasteiger partial charge in [-0.25, -0.2) is 4.98 Å². The number of nitrogens with two attached hydrogens (primary N) is 1. The number of fused-ring (bicyclic) bond motifs is 3. The van der Waals surface area contributed by atoms with Gasteiger partial charge in [-0.3, -0.25) is 9.69 Å². The molecular formula is C16H19N3O2. The summed E-state index contributed by atoms with van der Waals surface area (Å²) in [5.74, 6) is 1.03. The van der Waals surface area contributed by atoms with Crippen LogP contribution in [0.25, 0.3) is 11.1 Å². The molecule has 4 rings (SSSR count). The van der Waals surface area contributed by atoms with E-state index in [0.717, 1.165) is 43.3 Å². The second-order valence-corrected chi connectivity index (χ2v) is 6.22. The van der Waals surface area contributed by atoms with Crippen molar-refractivity contribution in [3.63, 3.8) is 0 Å². The molecule has 1 saturated heterocycles. The van der Waals surface area contributed by atoms with Crippen LogP contribution in [0.5, 0.6) is 0 Å². The van der Waals surface area contributed by atoms with Gasteiger partial charge in [-0.15, -0.1) is 0 Å². The van der Waals surface area contributed by atoms with E-state index in [2.05, 4.69) is 16.8 Å². The first-order valence-corrected chi connectivity index (χ1v) is 7.59. The molecule has 1 aromatic carbocycles. The third-order valence-corrected chi connectivity index (χ3v) is 5.14. The van der Waals surface area contributed by atoms with E-state index in [1.807, 2.05) is 6.07 Å². The van der Waals surface area contributed by atoms with Gasteiger partial charge in [0.1, 0.15) is 5.52 Å². The summed E-state index contributed by atoms with van der Waals surface area (Å²) in [6.45, 7) is 4.30. The number of para-hydroxylation sites is 1. The Kier molecular flexibility index (Phi) is 2.63. The minimum atomic E-state index is -0.469. The Labute approximate surface area is 123 Å². The van der Waals surface area contributed by atoms with Crippen LogP contribution < -0.4 is 5.73 Å². The van der Waals surface area contributed by atoms with Crippen LogP contribution >= 0.6 is 0 Å². The third kappa shape index (κ3) is 1.67. The van der Waals surface area contributed by atoms with E-state index < -0.39 is 5.91 Å². The second-order valence-electron chi connectivity index (χ2n) is 6.22. The zero-order valence-electron chi connectivity index (χ0n) is 12.1. The van der Waals surface area contributed by atoms with Crippen LogP contribution in [0, 0.1) is 5.92 Å². The number of piperidine rings is 1. The van der Waals surface area contributed by atoms with Crippen molar-refractivity contribution in [1.82, 2.24) is 9.88 Å². The number of carbonyl (C=O) groups is 1. The molecule has 0 unspecified atom stereocenters. The van der Waals surface area contributed by atoms with E-state index in [1.165, 1.54) is 6.42 Å². The monoisotopic (exact) mass is 285 g/mol. The Morgan fingerprint density at radius 2 is 2.43 bits per heavy atom. The molecule has 2 aliphatic rings. The first-order chi connectivity index (χ1) is 10.1. The van der Waals surface area contributed by atoms with Crippen LogP contribution in [0.3, 0.4) is 0 Å². The Morgan fingerprint density at radius 3 is 3.14 bits per heavy atom. The summed E-state index contributed by atoms with van der Waals surface area (Å²) in [6.07, 6.45) is 3.43. The summed E-state index contributed by atoms with van der Waals surface area (Å²) in [4.78, 5) is 18.7. The maximum absolute atomic E-state index is 11.5. The number of nitrogens with zero attached hydrogens (tertiary/aromatic N) is 2. The number of benzene rings is 1. The van der Waals surface area contributed by atoms with Crippen molar-refractivity contribution in [1.29, 1.82) is 0 Å². The normalized spacial score (nSPS) is 28.5. The first kappa shape index (κ1) is 12.8. The molecular weight excluding hydrogens is 266 g/mol. The highest BCUT2D eigenvalue weighted by molar-refractivity contribution is 6.03. The number of hydrogen-bond donors (Lipinski definition) is 1. The fraction of sp³-hybridized carbons (Fsp3) is 0.500. The number of hydrogen-bond acceptors (Lipinski definition) is 4. The van der Waals surface area contributed by atoms with Gasteiger partial charge in [0.25, 0.3) is 5.91 Å². The van der Waals surface area contributed by atoms with Crippen molar-refractivity contribution in [2.75, 3.05) is 13.1 Å². The molecule has 21 heavy (non-hydrogen) atoms. The number of likely N-dealkylation sites (tertiary alicyclic amines) is 1. The second kappa shape index (κ2) is 4.31. The van der Waals surface area contributed by atoms with Crippen LogP contribution in [0.4, 0.5) is 0 Å². The standard InChI is InChI=1S/C16H19N3O2/c1-2-19-9-10-6-7-16(19,8-10)15-18-12-5-3-4-11(14(17)20)13(12)21-15/h3-5,10H,2,6-9H2,1H3,(H2,17,20)/t10-,16-/m0/s1. The van der Waals surface area contributed by atoms with E-state index in [9.17, 15) is 4.79 Å². The van der Waals surface area contributed by atoms with E-state index in [-0.39, 0.29) is 5.54 Å². The lowest BCUT2D eigenvalue weighted by Gasteiger charge is -2.35. The highest BCUT2D eigenvalue weighted by atomic mass is 16.4. The number of aromatic nitrogens is 1. The Hall–Kier alpha value is -1.88. The van der Waals surface area contributed by atoms with Crippen LogP contribution in [-0.2, 0) is 5.54 Å². The lowest BCUT2D eigenvalue weighted by Crippen LogP contribution is -2.42. The zero-order valence-corrected chi connectivity index (χ0v) is 12.1. The van der Waals surface area contributed by atoms with E-state index >= 15 is 0 Å². The Bertz CT molecular complexity index is 723. The fourth-order valence-electron chi connectivity index (χ4n) is 4.16. The molecule has 1 aliphatic heterocycles. The molecule has 2 atom stereocenters. The molecule has 0 spiro atoms. The van der Waals surface area contributed by atoms with Crippen LogP contribution in [0.2, 0.25) is 0 Å². The molecule has 2 bridgehead atoms. The highest BCUT2D eigenvalue weighted by Crippen LogP contribution is 2.52. The molecule has 2 fully saturated rings. The molecule has 2 heterocycles. The number of amides is 1. The van der Waals surface area contributed by atoms with Crippen molar-refractivity contribution >= 4 is 17.0 Å². The van der Waals surface area contributed by atoms with Crippen molar-refractivity contribution in [2.45, 2.75) is 31.7 Å². The average Bonchev–Trinajstić information content (AvgIpc) is 3.17. The predicted molar refractivity (Wildman–Crippen MR) is 78.8 cm³/mol. The predicted octanol–water partition coefficient (Wildman–Crippen LogP) is 2.26. The number of oxazole rings is 1. The fourth-order valence-corrected chi connectivity index (χ4v) is 4.16. The number of primary amides is 1.